The van der Waals surface area contributed by atoms with Crippen LogP contribution in [0.2, 0.25) is 0 Å². The molecular weight excluding hydrogens is 342 g/mol. The van der Waals surface area contributed by atoms with E-state index in [4.69, 9.17) is 16.3 Å². The van der Waals surface area contributed by atoms with E-state index < -0.39 is 11.5 Å². The van der Waals surface area contributed by atoms with Crippen LogP contribution in [-0.2, 0) is 16.1 Å². The zero-order chi connectivity index (χ0) is 18.6. The average Bonchev–Trinajstić information content (AvgIpc) is 2.60. The molecule has 1 amide bonds. The van der Waals surface area contributed by atoms with Gasteiger partial charge in [-0.1, -0.05) is 12.1 Å². The second-order valence-corrected chi connectivity index (χ2v) is 6.92. The van der Waals surface area contributed by atoms with Crippen molar-refractivity contribution in [3.8, 4) is 0 Å². The molecule has 1 atom stereocenters. The molecule has 25 heavy (non-hydrogen) atoms. The number of para-hydroxylation sites is 1. The van der Waals surface area contributed by atoms with E-state index in [1.165, 1.54) is 0 Å². The molecule has 0 aliphatic carbocycles. The monoisotopic (exact) mass is 365 g/mol. The molecule has 1 N–H and O–H groups in total. The highest BCUT2D eigenvalue weighted by Gasteiger charge is 2.29. The number of benzene rings is 1. The van der Waals surface area contributed by atoms with Crippen molar-refractivity contribution < 1.29 is 9.53 Å². The van der Waals surface area contributed by atoms with Crippen molar-refractivity contribution in [2.24, 2.45) is 5.41 Å². The molecule has 1 aromatic heterocycles. The van der Waals surface area contributed by atoms with Crippen LogP contribution in [0.4, 0.5) is 0 Å². The van der Waals surface area contributed by atoms with Gasteiger partial charge >= 0.3 is 0 Å². The predicted octanol–water partition coefficient (Wildman–Crippen LogP) is 2.49. The quantitative estimate of drug-likeness (QED) is 0.765. The van der Waals surface area contributed by atoms with Crippen LogP contribution in [0.15, 0.2) is 29.1 Å². The maximum absolute atomic E-state index is 12.8. The molecule has 1 unspecified atom stereocenters. The lowest BCUT2D eigenvalue weighted by Gasteiger charge is -2.25. The van der Waals surface area contributed by atoms with Crippen LogP contribution in [-0.4, -0.2) is 35.1 Å². The summed E-state index contributed by atoms with van der Waals surface area (Å²) in [6.45, 7) is 6.09. The van der Waals surface area contributed by atoms with Crippen molar-refractivity contribution >= 4 is 28.4 Å². The Bertz CT molecular complexity index is 817. The lowest BCUT2D eigenvalue weighted by Crippen LogP contribution is -2.41. The first kappa shape index (κ1) is 19.4. The molecule has 2 aromatic rings. The minimum atomic E-state index is -0.704. The molecule has 2 rings (SSSR count). The van der Waals surface area contributed by atoms with Gasteiger partial charge in [0.25, 0.3) is 5.56 Å². The Morgan fingerprint density at radius 3 is 2.72 bits per heavy atom. The van der Waals surface area contributed by atoms with Gasteiger partial charge < -0.3 is 10.1 Å². The second-order valence-electron chi connectivity index (χ2n) is 6.65. The van der Waals surface area contributed by atoms with Crippen molar-refractivity contribution in [2.45, 2.75) is 33.4 Å². The molecule has 0 bridgehead atoms. The van der Waals surface area contributed by atoms with Gasteiger partial charge in [-0.2, -0.15) is 0 Å². The van der Waals surface area contributed by atoms with Crippen LogP contribution in [0.5, 0.6) is 0 Å². The van der Waals surface area contributed by atoms with Gasteiger partial charge in [0.2, 0.25) is 5.91 Å². The smallest absolute Gasteiger partial charge is 0.261 e. The van der Waals surface area contributed by atoms with Gasteiger partial charge in [-0.3, -0.25) is 14.2 Å². The van der Waals surface area contributed by atoms with E-state index in [0.29, 0.717) is 29.9 Å². The summed E-state index contributed by atoms with van der Waals surface area (Å²) in [5.41, 5.74) is -0.242. The lowest BCUT2D eigenvalue weighted by molar-refractivity contribution is -0.129. The van der Waals surface area contributed by atoms with Crippen LogP contribution < -0.4 is 10.9 Å². The summed E-state index contributed by atoms with van der Waals surface area (Å²) in [7, 11) is 1.58. The minimum absolute atomic E-state index is 0.143. The number of amides is 1. The third-order valence-corrected chi connectivity index (χ3v) is 4.76. The molecule has 0 aliphatic heterocycles. The summed E-state index contributed by atoms with van der Waals surface area (Å²) in [6.07, 6.45) is 0. The van der Waals surface area contributed by atoms with E-state index in [1.54, 1.807) is 43.7 Å². The molecule has 0 fully saturated rings. The van der Waals surface area contributed by atoms with Gasteiger partial charge in [-0.25, -0.2) is 4.98 Å². The van der Waals surface area contributed by atoms with E-state index in [-0.39, 0.29) is 17.3 Å². The molecular formula is C18H24ClN3O3. The van der Waals surface area contributed by atoms with E-state index >= 15 is 0 Å². The number of methoxy groups -OCH3 is 1. The average molecular weight is 366 g/mol. The van der Waals surface area contributed by atoms with Gasteiger partial charge in [0.05, 0.1) is 35.5 Å². The van der Waals surface area contributed by atoms with E-state index in [0.717, 1.165) is 0 Å². The Balaban J connectivity index is 2.47. The fraction of sp³-hybridized carbons (Fsp3) is 0.500. The Kier molecular flexibility index (Phi) is 6.19. The fourth-order valence-electron chi connectivity index (χ4n) is 2.43. The van der Waals surface area contributed by atoms with E-state index in [9.17, 15) is 9.59 Å². The maximum atomic E-state index is 12.8. The van der Waals surface area contributed by atoms with Gasteiger partial charge in [-0.15, -0.1) is 11.6 Å². The Morgan fingerprint density at radius 1 is 1.40 bits per heavy atom. The first-order valence-electron chi connectivity index (χ1n) is 8.17. The third kappa shape index (κ3) is 4.19. The molecule has 0 spiro atoms. The lowest BCUT2D eigenvalue weighted by atomic mass is 9.95. The molecule has 1 aromatic carbocycles. The summed E-state index contributed by atoms with van der Waals surface area (Å²) in [6, 6.07) is 6.73. The maximum Gasteiger partial charge on any atom is 0.261 e. The molecule has 1 heterocycles. The number of nitrogens with zero attached hydrogens (tertiary/aromatic N) is 2. The number of nitrogens with one attached hydrogen (secondary N) is 1. The topological polar surface area (TPSA) is 73.2 Å². The fourth-order valence-corrected chi connectivity index (χ4v) is 2.55. The largest absolute Gasteiger partial charge is 0.383 e. The van der Waals surface area contributed by atoms with Gasteiger partial charge in [-0.05, 0) is 32.9 Å². The highest BCUT2D eigenvalue weighted by molar-refractivity contribution is 6.19. The number of hydrogen-bond donors (Lipinski definition) is 1. The summed E-state index contributed by atoms with van der Waals surface area (Å²) in [5.74, 6) is 0.517. The zero-order valence-corrected chi connectivity index (χ0v) is 15.8. The van der Waals surface area contributed by atoms with Crippen LogP contribution in [0.3, 0.4) is 0 Å². The number of carbonyl (C=O) groups is 1. The van der Waals surface area contributed by atoms with Crippen LogP contribution in [0, 0.1) is 5.41 Å². The molecule has 0 saturated carbocycles. The first-order chi connectivity index (χ1) is 11.8. The number of hydrogen-bond acceptors (Lipinski definition) is 4. The molecule has 7 heteroatoms. The summed E-state index contributed by atoms with van der Waals surface area (Å²) in [4.78, 5) is 29.9. The Labute approximate surface area is 152 Å². The standard InChI is InChI=1S/C18H24ClN3O3/c1-12(20-17(24)18(2,3)11-19)15-21-14-8-6-5-7-13(14)16(23)22(15)9-10-25-4/h5-8,12H,9-11H2,1-4H3,(H,20,24). The summed E-state index contributed by atoms with van der Waals surface area (Å²) >= 11 is 5.87. The van der Waals surface area contributed by atoms with E-state index in [2.05, 4.69) is 10.3 Å². The molecule has 0 radical (unpaired) electrons. The SMILES string of the molecule is COCCn1c(C(C)NC(=O)C(C)(C)CCl)nc2ccccc2c1=O. The van der Waals surface area contributed by atoms with Gasteiger partial charge in [0, 0.05) is 13.0 Å². The van der Waals surface area contributed by atoms with Crippen molar-refractivity contribution in [3.63, 3.8) is 0 Å². The Hall–Kier alpha value is -1.92. The normalized spacial score (nSPS) is 13.0. The molecule has 0 saturated heterocycles. The number of alkyl halides is 1. The van der Waals surface area contributed by atoms with Crippen molar-refractivity contribution in [1.29, 1.82) is 0 Å². The third-order valence-electron chi connectivity index (χ3n) is 4.09. The number of fused-ring (bicyclic) bond motifs is 1. The first-order valence-corrected chi connectivity index (χ1v) is 8.70. The Morgan fingerprint density at radius 2 is 2.08 bits per heavy atom. The van der Waals surface area contributed by atoms with Crippen LogP contribution in [0.1, 0.15) is 32.6 Å². The van der Waals surface area contributed by atoms with Crippen LogP contribution >= 0.6 is 11.6 Å². The van der Waals surface area contributed by atoms with Crippen LogP contribution in [0.25, 0.3) is 10.9 Å². The number of rotatable bonds is 7. The molecule has 136 valence electrons. The summed E-state index contributed by atoms with van der Waals surface area (Å²) < 4.78 is 6.67. The van der Waals surface area contributed by atoms with Gasteiger partial charge in [0.15, 0.2) is 0 Å². The highest BCUT2D eigenvalue weighted by Crippen LogP contribution is 2.20. The number of halogens is 1. The van der Waals surface area contributed by atoms with Gasteiger partial charge in [0.1, 0.15) is 5.82 Å². The zero-order valence-electron chi connectivity index (χ0n) is 15.0. The van der Waals surface area contributed by atoms with Crippen molar-refractivity contribution in [3.05, 3.63) is 40.4 Å². The molecule has 0 aliphatic rings. The van der Waals surface area contributed by atoms with Crippen molar-refractivity contribution in [1.82, 2.24) is 14.9 Å². The van der Waals surface area contributed by atoms with E-state index in [1.807, 2.05) is 13.0 Å². The highest BCUT2D eigenvalue weighted by atomic mass is 35.5. The minimum Gasteiger partial charge on any atom is -0.383 e. The number of ether oxygens (including phenoxy) is 1. The summed E-state index contributed by atoms with van der Waals surface area (Å²) in [5, 5.41) is 3.45. The molecule has 6 nitrogen and oxygen atoms in total. The van der Waals surface area contributed by atoms with Crippen molar-refractivity contribution in [2.75, 3.05) is 19.6 Å². The second kappa shape index (κ2) is 7.97. The predicted molar refractivity (Wildman–Crippen MR) is 98.9 cm³/mol. The number of aromatic nitrogens is 2. The number of carbonyl (C=O) groups excluding carboxylic acids is 1.